The minimum atomic E-state index is -3.56. The fourth-order valence-corrected chi connectivity index (χ4v) is 3.45. The van der Waals surface area contributed by atoms with E-state index in [9.17, 15) is 13.2 Å². The maximum absolute atomic E-state index is 12.1. The van der Waals surface area contributed by atoms with Gasteiger partial charge in [0, 0.05) is 24.5 Å². The molecule has 1 amide bonds. The second kappa shape index (κ2) is 8.70. The number of hydrogen-bond acceptors (Lipinski definition) is 4. The molecule has 0 aliphatic carbocycles. The van der Waals surface area contributed by atoms with Crippen molar-refractivity contribution in [3.8, 4) is 6.07 Å². The van der Waals surface area contributed by atoms with Gasteiger partial charge in [-0.05, 0) is 35.9 Å². The zero-order valence-corrected chi connectivity index (χ0v) is 15.7. The lowest BCUT2D eigenvalue weighted by Crippen LogP contribution is -2.34. The molecule has 0 bridgehead atoms. The summed E-state index contributed by atoms with van der Waals surface area (Å²) in [5, 5.41) is 12.1. The molecule has 2 rings (SSSR count). The molecule has 2 aromatic carbocycles. The van der Waals surface area contributed by atoms with Gasteiger partial charge in [-0.1, -0.05) is 29.8 Å². The highest BCUT2D eigenvalue weighted by atomic mass is 35.5. The van der Waals surface area contributed by atoms with Gasteiger partial charge in [0.15, 0.2) is 0 Å². The summed E-state index contributed by atoms with van der Waals surface area (Å²) < 4.78 is 25.2. The zero-order chi connectivity index (χ0) is 19.2. The molecule has 0 aliphatic heterocycles. The van der Waals surface area contributed by atoms with Gasteiger partial charge in [-0.3, -0.25) is 9.10 Å². The van der Waals surface area contributed by atoms with Crippen LogP contribution in [0.1, 0.15) is 17.5 Å². The Hall–Kier alpha value is -2.56. The Bertz CT molecular complexity index is 921. The Morgan fingerprint density at radius 2 is 1.85 bits per heavy atom. The molecule has 0 aliphatic rings. The Morgan fingerprint density at radius 3 is 2.42 bits per heavy atom. The van der Waals surface area contributed by atoms with Crippen LogP contribution in [0.2, 0.25) is 5.02 Å². The first kappa shape index (κ1) is 19.8. The number of rotatable bonds is 7. The predicted molar refractivity (Wildman–Crippen MR) is 101 cm³/mol. The van der Waals surface area contributed by atoms with Crippen LogP contribution in [-0.4, -0.2) is 27.1 Å². The predicted octanol–water partition coefficient (Wildman–Crippen LogP) is 2.68. The highest BCUT2D eigenvalue weighted by Crippen LogP contribution is 2.19. The van der Waals surface area contributed by atoms with Gasteiger partial charge in [-0.25, -0.2) is 8.42 Å². The molecule has 1 N–H and O–H groups in total. The van der Waals surface area contributed by atoms with E-state index in [1.54, 1.807) is 24.3 Å². The SMILES string of the molecule is CS(=O)(=O)N(CCC(=O)NCc1ccccc1Cl)c1ccc(C#N)cc1. The Balaban J connectivity index is 1.99. The summed E-state index contributed by atoms with van der Waals surface area (Å²) in [5.74, 6) is -0.285. The van der Waals surface area contributed by atoms with Crippen molar-refractivity contribution in [2.75, 3.05) is 17.1 Å². The van der Waals surface area contributed by atoms with E-state index in [4.69, 9.17) is 16.9 Å². The number of nitrogens with one attached hydrogen (secondary N) is 1. The van der Waals surface area contributed by atoms with Crippen molar-refractivity contribution in [1.29, 1.82) is 5.26 Å². The van der Waals surface area contributed by atoms with E-state index in [-0.39, 0.29) is 25.4 Å². The zero-order valence-electron chi connectivity index (χ0n) is 14.1. The van der Waals surface area contributed by atoms with Gasteiger partial charge in [0.25, 0.3) is 0 Å². The lowest BCUT2D eigenvalue weighted by Gasteiger charge is -2.22. The van der Waals surface area contributed by atoms with Crippen molar-refractivity contribution in [2.24, 2.45) is 0 Å². The molecule has 0 saturated heterocycles. The molecule has 8 heteroatoms. The summed E-state index contributed by atoms with van der Waals surface area (Å²) in [4.78, 5) is 12.1. The Labute approximate surface area is 158 Å². The second-order valence-electron chi connectivity index (χ2n) is 5.61. The summed E-state index contributed by atoms with van der Waals surface area (Å²) in [6.07, 6.45) is 1.07. The van der Waals surface area contributed by atoms with Crippen LogP contribution >= 0.6 is 11.6 Å². The molecule has 26 heavy (non-hydrogen) atoms. The highest BCUT2D eigenvalue weighted by molar-refractivity contribution is 7.92. The first-order valence-electron chi connectivity index (χ1n) is 7.79. The van der Waals surface area contributed by atoms with Crippen molar-refractivity contribution >= 4 is 33.2 Å². The van der Waals surface area contributed by atoms with Crippen LogP contribution in [0.3, 0.4) is 0 Å². The molecule has 0 saturated carbocycles. The lowest BCUT2D eigenvalue weighted by atomic mass is 10.2. The first-order chi connectivity index (χ1) is 12.3. The van der Waals surface area contributed by atoms with E-state index < -0.39 is 10.0 Å². The van der Waals surface area contributed by atoms with Crippen molar-refractivity contribution in [3.63, 3.8) is 0 Å². The summed E-state index contributed by atoms with van der Waals surface area (Å²) >= 11 is 6.04. The van der Waals surface area contributed by atoms with Crippen molar-refractivity contribution in [1.82, 2.24) is 5.32 Å². The number of carbonyl (C=O) groups is 1. The summed E-state index contributed by atoms with van der Waals surface area (Å²) in [7, 11) is -3.56. The van der Waals surface area contributed by atoms with Crippen LogP contribution in [0, 0.1) is 11.3 Å². The molecular weight excluding hydrogens is 374 g/mol. The van der Waals surface area contributed by atoms with Crippen molar-refractivity contribution in [2.45, 2.75) is 13.0 Å². The van der Waals surface area contributed by atoms with Gasteiger partial charge in [-0.2, -0.15) is 5.26 Å². The number of halogens is 1. The number of sulfonamides is 1. The Morgan fingerprint density at radius 1 is 1.19 bits per heavy atom. The number of nitriles is 1. The summed E-state index contributed by atoms with van der Waals surface area (Å²) in [6.45, 7) is 0.271. The molecule has 0 spiro atoms. The summed E-state index contributed by atoms with van der Waals surface area (Å²) in [5.41, 5.74) is 1.62. The molecule has 0 heterocycles. The van der Waals surface area contributed by atoms with Gasteiger partial charge < -0.3 is 5.32 Å². The van der Waals surface area contributed by atoms with Gasteiger partial charge in [-0.15, -0.1) is 0 Å². The molecule has 0 aromatic heterocycles. The van der Waals surface area contributed by atoms with Gasteiger partial charge in [0.1, 0.15) is 0 Å². The molecule has 136 valence electrons. The van der Waals surface area contributed by atoms with Crippen LogP contribution in [0.4, 0.5) is 5.69 Å². The normalized spacial score (nSPS) is 10.8. The number of carbonyl (C=O) groups excluding carboxylic acids is 1. The van der Waals surface area contributed by atoms with E-state index in [0.717, 1.165) is 16.1 Å². The number of nitrogens with zero attached hydrogens (tertiary/aromatic N) is 2. The maximum atomic E-state index is 12.1. The van der Waals surface area contributed by atoms with Gasteiger partial charge in [0.2, 0.25) is 15.9 Å². The average molecular weight is 392 g/mol. The first-order valence-corrected chi connectivity index (χ1v) is 10.0. The maximum Gasteiger partial charge on any atom is 0.232 e. The van der Waals surface area contributed by atoms with Crippen LogP contribution < -0.4 is 9.62 Å². The number of benzene rings is 2. The summed E-state index contributed by atoms with van der Waals surface area (Å²) in [6, 6.07) is 15.3. The van der Waals surface area contributed by atoms with Gasteiger partial charge in [0.05, 0.1) is 23.6 Å². The molecule has 0 atom stereocenters. The highest BCUT2D eigenvalue weighted by Gasteiger charge is 2.18. The third-order valence-corrected chi connectivity index (χ3v) is 5.22. The Kier molecular flexibility index (Phi) is 6.61. The minimum absolute atomic E-state index is 0.000904. The molecule has 2 aromatic rings. The quantitative estimate of drug-likeness (QED) is 0.785. The average Bonchev–Trinajstić information content (AvgIpc) is 2.60. The molecule has 0 radical (unpaired) electrons. The van der Waals surface area contributed by atoms with Gasteiger partial charge >= 0.3 is 0 Å². The number of anilines is 1. The van der Waals surface area contributed by atoms with E-state index in [2.05, 4.69) is 5.32 Å². The van der Waals surface area contributed by atoms with Crippen LogP contribution in [0.15, 0.2) is 48.5 Å². The lowest BCUT2D eigenvalue weighted by molar-refractivity contribution is -0.121. The van der Waals surface area contributed by atoms with Crippen LogP contribution in [0.5, 0.6) is 0 Å². The van der Waals surface area contributed by atoms with E-state index in [1.807, 2.05) is 18.2 Å². The second-order valence-corrected chi connectivity index (χ2v) is 7.93. The smallest absolute Gasteiger partial charge is 0.232 e. The van der Waals surface area contributed by atoms with Crippen LogP contribution in [-0.2, 0) is 21.4 Å². The van der Waals surface area contributed by atoms with E-state index in [1.165, 1.54) is 12.1 Å². The largest absolute Gasteiger partial charge is 0.352 e. The van der Waals surface area contributed by atoms with E-state index >= 15 is 0 Å². The minimum Gasteiger partial charge on any atom is -0.352 e. The molecule has 0 fully saturated rings. The number of amides is 1. The third-order valence-electron chi connectivity index (χ3n) is 3.66. The fourth-order valence-electron chi connectivity index (χ4n) is 2.32. The third kappa shape index (κ3) is 5.48. The number of hydrogen-bond donors (Lipinski definition) is 1. The van der Waals surface area contributed by atoms with Crippen molar-refractivity contribution in [3.05, 3.63) is 64.7 Å². The molecule has 0 unspecified atom stereocenters. The van der Waals surface area contributed by atoms with E-state index in [0.29, 0.717) is 16.3 Å². The monoisotopic (exact) mass is 391 g/mol. The standard InChI is InChI=1S/C18H18ClN3O3S/c1-26(24,25)22(16-8-6-14(12-20)7-9-16)11-10-18(23)21-13-15-4-2-3-5-17(15)19/h2-9H,10-11,13H2,1H3,(H,21,23). The topological polar surface area (TPSA) is 90.3 Å². The van der Waals surface area contributed by atoms with Crippen LogP contribution in [0.25, 0.3) is 0 Å². The molecular formula is C18H18ClN3O3S. The fraction of sp³-hybridized carbons (Fsp3) is 0.222. The molecule has 6 nitrogen and oxygen atoms in total. The van der Waals surface area contributed by atoms with Crippen molar-refractivity contribution < 1.29 is 13.2 Å².